The number of hydrogen-bond acceptors (Lipinski definition) is 18. The van der Waals surface area contributed by atoms with E-state index in [-0.39, 0.29) is 18.9 Å². The molecule has 3 saturated heterocycles. The van der Waals surface area contributed by atoms with Crippen molar-refractivity contribution in [1.82, 2.24) is 5.32 Å². The van der Waals surface area contributed by atoms with Gasteiger partial charge >= 0.3 is 0 Å². The molecule has 0 radical (unpaired) electrons. The van der Waals surface area contributed by atoms with Crippen LogP contribution < -0.4 is 5.32 Å². The Balaban J connectivity index is 1.32. The fraction of sp³-hybridized carbons (Fsp3) is 0.916. The summed E-state index contributed by atoms with van der Waals surface area (Å²) in [7, 11) is 0. The first-order chi connectivity index (χ1) is 49.8. The molecular weight excluding hydrogens is 1300 g/mol. The molecule has 0 aromatic heterocycles. The number of hydrogen-bond donors (Lipinski definition) is 12. The van der Waals surface area contributed by atoms with Crippen molar-refractivity contribution in [3.63, 3.8) is 0 Å². The molecule has 600 valence electrons. The number of amides is 1. The average Bonchev–Trinajstić information content (AvgIpc) is 0.778. The fourth-order valence-electron chi connectivity index (χ4n) is 14.4. The van der Waals surface area contributed by atoms with Crippen LogP contribution in [0, 0.1) is 0 Å². The lowest BCUT2D eigenvalue weighted by Crippen LogP contribution is -2.66. The van der Waals surface area contributed by atoms with E-state index in [1.165, 1.54) is 276 Å². The molecular formula is C83H155NO18. The molecule has 0 aromatic rings. The third-order valence-corrected chi connectivity index (χ3v) is 21.2. The highest BCUT2D eigenvalue weighted by Crippen LogP contribution is 2.33. The number of allylic oxidation sites excluding steroid dienone is 5. The van der Waals surface area contributed by atoms with Crippen LogP contribution in [0.5, 0.6) is 0 Å². The van der Waals surface area contributed by atoms with Gasteiger partial charge < -0.3 is 89.9 Å². The third-order valence-electron chi connectivity index (χ3n) is 21.2. The number of carbonyl (C=O) groups is 1. The van der Waals surface area contributed by atoms with E-state index in [2.05, 4.69) is 43.5 Å². The van der Waals surface area contributed by atoms with Crippen LogP contribution in [0.25, 0.3) is 0 Å². The molecule has 12 N–H and O–H groups in total. The maximum atomic E-state index is 13.5. The summed E-state index contributed by atoms with van der Waals surface area (Å²) in [6.45, 7) is 1.78. The molecule has 3 heterocycles. The van der Waals surface area contributed by atoms with Gasteiger partial charge in [-0.1, -0.05) is 333 Å². The fourth-order valence-corrected chi connectivity index (χ4v) is 14.4. The molecule has 3 fully saturated rings. The Morgan fingerprint density at radius 2 is 0.647 bits per heavy atom. The number of ether oxygens (including phenoxy) is 6. The van der Waals surface area contributed by atoms with Gasteiger partial charge in [-0.05, 0) is 51.4 Å². The number of nitrogens with one attached hydrogen (secondary N) is 1. The summed E-state index contributed by atoms with van der Waals surface area (Å²) >= 11 is 0. The summed E-state index contributed by atoms with van der Waals surface area (Å²) in [6.07, 6.45) is 52.9. The van der Waals surface area contributed by atoms with Crippen LogP contribution in [0.3, 0.4) is 0 Å². The van der Waals surface area contributed by atoms with E-state index in [0.29, 0.717) is 6.42 Å². The first-order valence-electron chi connectivity index (χ1n) is 42.2. The van der Waals surface area contributed by atoms with Crippen molar-refractivity contribution in [3.05, 3.63) is 36.5 Å². The van der Waals surface area contributed by atoms with Crippen LogP contribution in [-0.2, 0) is 33.2 Å². The zero-order chi connectivity index (χ0) is 73.9. The lowest BCUT2D eigenvalue weighted by Gasteiger charge is -2.48. The van der Waals surface area contributed by atoms with Gasteiger partial charge in [0.2, 0.25) is 5.91 Å². The largest absolute Gasteiger partial charge is 0.394 e. The maximum absolute atomic E-state index is 13.5. The Morgan fingerprint density at radius 3 is 1.00 bits per heavy atom. The standard InChI is InChI=1S/C83H155NO18/c1-3-5-7-9-11-13-15-17-19-21-23-25-26-27-28-29-30-31-32-33-34-35-36-37-38-39-40-41-43-45-47-49-51-53-55-57-59-61-71(89)84-66(67(88)60-58-56-54-52-50-48-46-44-42-24-22-20-18-16-14-12-10-8-6-4-2)65-97-81-77(95)74(92)79(69(63-86)99-81)102-83-78(96)75(93)80(70(64-87)100-83)101-82-76(94)73(91)72(90)68(62-85)98-82/h15,17,21,23,58,60,66-70,72-83,85-88,90-96H,3-14,16,18-20,22,24-57,59,61-65H2,1-2H3,(H,84,89)/b17-15-,23-21-,60-58+. The van der Waals surface area contributed by atoms with Gasteiger partial charge in [0, 0.05) is 6.42 Å². The Bertz CT molecular complexity index is 1980. The SMILES string of the molecule is CCCCCCC/C=C\C/C=C\CCCCCCCCCCCCCCCCCCCCCCCCCCCC(=O)NC(COC1OC(CO)C(OC2OC(CO)C(OC3OC(CO)C(O)C(O)C3O)C(O)C2O)C(O)C1O)C(O)/C=C/CCCCCCCCCCCCCCCCCCCC. The Hall–Kier alpha value is -1.99. The van der Waals surface area contributed by atoms with Crippen LogP contribution in [0.15, 0.2) is 36.5 Å². The van der Waals surface area contributed by atoms with Gasteiger partial charge in [0.05, 0.1) is 38.6 Å². The Labute approximate surface area is 619 Å². The molecule has 102 heavy (non-hydrogen) atoms. The second-order valence-electron chi connectivity index (χ2n) is 30.3. The van der Waals surface area contributed by atoms with Crippen LogP contribution in [-0.4, -0.2) is 193 Å². The van der Waals surface area contributed by atoms with Gasteiger partial charge in [-0.3, -0.25) is 4.79 Å². The van der Waals surface area contributed by atoms with E-state index in [9.17, 15) is 61.0 Å². The van der Waals surface area contributed by atoms with Crippen LogP contribution >= 0.6 is 0 Å². The predicted molar refractivity (Wildman–Crippen MR) is 406 cm³/mol. The van der Waals surface area contributed by atoms with Crippen molar-refractivity contribution in [1.29, 1.82) is 0 Å². The molecule has 3 rings (SSSR count). The molecule has 0 aromatic carbocycles. The topological polar surface area (TPSA) is 307 Å². The highest BCUT2D eigenvalue weighted by molar-refractivity contribution is 5.76. The highest BCUT2D eigenvalue weighted by Gasteiger charge is 2.54. The van der Waals surface area contributed by atoms with Crippen molar-refractivity contribution < 1.29 is 89.4 Å². The van der Waals surface area contributed by atoms with Crippen LogP contribution in [0.2, 0.25) is 0 Å². The van der Waals surface area contributed by atoms with Gasteiger partial charge in [0.1, 0.15) is 73.2 Å². The maximum Gasteiger partial charge on any atom is 0.220 e. The number of carbonyl (C=O) groups excluding carboxylic acids is 1. The normalized spacial score (nSPS) is 26.3. The number of aliphatic hydroxyl groups is 11. The quantitative estimate of drug-likeness (QED) is 0.0199. The molecule has 3 aliphatic rings. The zero-order valence-electron chi connectivity index (χ0n) is 64.4. The smallest absolute Gasteiger partial charge is 0.220 e. The van der Waals surface area contributed by atoms with Crippen molar-refractivity contribution >= 4 is 5.91 Å². The van der Waals surface area contributed by atoms with Gasteiger partial charge in [0.25, 0.3) is 0 Å². The van der Waals surface area contributed by atoms with E-state index < -0.39 is 124 Å². The van der Waals surface area contributed by atoms with Crippen molar-refractivity contribution in [2.45, 2.75) is 458 Å². The Kier molecular flexibility index (Phi) is 59.0. The minimum Gasteiger partial charge on any atom is -0.394 e. The summed E-state index contributed by atoms with van der Waals surface area (Å²) in [5.74, 6) is -0.268. The minimum absolute atomic E-state index is 0.248. The molecule has 0 saturated carbocycles. The molecule has 0 aliphatic carbocycles. The van der Waals surface area contributed by atoms with Gasteiger partial charge in [-0.15, -0.1) is 0 Å². The molecule has 0 bridgehead atoms. The summed E-state index contributed by atoms with van der Waals surface area (Å²) in [4.78, 5) is 13.5. The first-order valence-corrected chi connectivity index (χ1v) is 42.2. The molecule has 19 heteroatoms. The summed E-state index contributed by atoms with van der Waals surface area (Å²) in [5.41, 5.74) is 0. The predicted octanol–water partition coefficient (Wildman–Crippen LogP) is 14.7. The van der Waals surface area contributed by atoms with Crippen molar-refractivity contribution in [2.75, 3.05) is 26.4 Å². The van der Waals surface area contributed by atoms with E-state index >= 15 is 0 Å². The Morgan fingerprint density at radius 1 is 0.353 bits per heavy atom. The van der Waals surface area contributed by atoms with Gasteiger partial charge in [0.15, 0.2) is 18.9 Å². The number of aliphatic hydroxyl groups excluding tert-OH is 11. The van der Waals surface area contributed by atoms with E-state index in [0.717, 1.165) is 51.4 Å². The highest BCUT2D eigenvalue weighted by atomic mass is 16.8. The molecule has 1 amide bonds. The van der Waals surface area contributed by atoms with Crippen LogP contribution in [0.1, 0.15) is 354 Å². The van der Waals surface area contributed by atoms with E-state index in [1.54, 1.807) is 6.08 Å². The van der Waals surface area contributed by atoms with E-state index in [1.807, 2.05) is 6.08 Å². The third kappa shape index (κ3) is 43.3. The number of rotatable bonds is 68. The molecule has 3 aliphatic heterocycles. The lowest BCUT2D eigenvalue weighted by molar-refractivity contribution is -0.379. The summed E-state index contributed by atoms with van der Waals surface area (Å²) in [5, 5.41) is 121. The lowest BCUT2D eigenvalue weighted by atomic mass is 9.96. The molecule has 17 unspecified atom stereocenters. The molecule has 0 spiro atoms. The second-order valence-corrected chi connectivity index (χ2v) is 30.3. The summed E-state index contributed by atoms with van der Waals surface area (Å²) in [6, 6.07) is -0.972. The van der Waals surface area contributed by atoms with Gasteiger partial charge in [-0.25, -0.2) is 0 Å². The molecule has 19 nitrogen and oxygen atoms in total. The number of unbranched alkanes of at least 4 members (excludes halogenated alkanes) is 48. The van der Waals surface area contributed by atoms with Crippen molar-refractivity contribution in [2.24, 2.45) is 0 Å². The van der Waals surface area contributed by atoms with Gasteiger partial charge in [-0.2, -0.15) is 0 Å². The monoisotopic (exact) mass is 1450 g/mol. The second kappa shape index (κ2) is 63.9. The summed E-state index contributed by atoms with van der Waals surface area (Å²) < 4.78 is 34.5. The first kappa shape index (κ1) is 94.2. The minimum atomic E-state index is -1.98. The average molecular weight is 1460 g/mol. The molecule has 17 atom stereocenters. The zero-order valence-corrected chi connectivity index (χ0v) is 64.4. The van der Waals surface area contributed by atoms with Crippen molar-refractivity contribution in [3.8, 4) is 0 Å². The van der Waals surface area contributed by atoms with Crippen LogP contribution in [0.4, 0.5) is 0 Å². The van der Waals surface area contributed by atoms with E-state index in [4.69, 9.17) is 28.4 Å².